The Labute approximate surface area is 126 Å². The predicted octanol–water partition coefficient (Wildman–Crippen LogP) is 4.30. The number of halogens is 2. The van der Waals surface area contributed by atoms with Crippen LogP contribution in [0.25, 0.3) is 0 Å². The first-order valence-electron chi connectivity index (χ1n) is 5.44. The van der Waals surface area contributed by atoms with Crippen molar-refractivity contribution in [1.29, 1.82) is 0 Å². The van der Waals surface area contributed by atoms with E-state index in [1.807, 2.05) is 34.6 Å². The summed E-state index contributed by atoms with van der Waals surface area (Å²) in [6.45, 7) is 9.17. The van der Waals surface area contributed by atoms with Crippen LogP contribution in [0.1, 0.15) is 32.0 Å². The first-order chi connectivity index (χ1) is 8.11. The van der Waals surface area contributed by atoms with Gasteiger partial charge in [-0.2, -0.15) is 0 Å². The third-order valence-electron chi connectivity index (χ3n) is 2.21. The van der Waals surface area contributed by atoms with Crippen LogP contribution in [0.4, 0.5) is 10.5 Å². The van der Waals surface area contributed by atoms with Crippen LogP contribution in [-0.2, 0) is 4.74 Å². The summed E-state index contributed by atoms with van der Waals surface area (Å²) < 4.78 is 5.93. The van der Waals surface area contributed by atoms with Crippen molar-refractivity contribution in [2.75, 3.05) is 5.32 Å². The molecule has 4 nitrogen and oxygen atoms in total. The van der Waals surface area contributed by atoms with Gasteiger partial charge in [0.05, 0.1) is 9.26 Å². The van der Waals surface area contributed by atoms with Gasteiger partial charge >= 0.3 is 6.09 Å². The minimum atomic E-state index is -0.532. The topological polar surface area (TPSA) is 51.2 Å². The quantitative estimate of drug-likeness (QED) is 0.582. The van der Waals surface area contributed by atoms with Crippen molar-refractivity contribution in [3.05, 3.63) is 20.0 Å². The molecule has 1 heterocycles. The van der Waals surface area contributed by atoms with Gasteiger partial charge in [0.2, 0.25) is 0 Å². The molecule has 0 saturated heterocycles. The summed E-state index contributed by atoms with van der Waals surface area (Å²) >= 11 is 8.05. The van der Waals surface area contributed by atoms with Gasteiger partial charge < -0.3 is 4.74 Å². The number of carbonyl (C=O) groups excluding carboxylic acids is 1. The Hall–Kier alpha value is -0.560. The SMILES string of the molecule is Cc1nc(Cl)c(I)c(NC(=O)OC(C)(C)C)c1C. The molecule has 0 aliphatic heterocycles. The molecule has 0 spiro atoms. The number of hydrogen-bond donors (Lipinski definition) is 1. The number of aryl methyl sites for hydroxylation is 1. The Morgan fingerprint density at radius 2 is 1.94 bits per heavy atom. The largest absolute Gasteiger partial charge is 0.444 e. The van der Waals surface area contributed by atoms with Crippen LogP contribution in [0, 0.1) is 17.4 Å². The number of amides is 1. The normalized spacial score (nSPS) is 11.3. The van der Waals surface area contributed by atoms with E-state index in [0.29, 0.717) is 14.4 Å². The number of anilines is 1. The third-order valence-corrected chi connectivity index (χ3v) is 3.85. The Bertz CT molecular complexity index is 458. The van der Waals surface area contributed by atoms with E-state index in [9.17, 15) is 4.79 Å². The molecule has 18 heavy (non-hydrogen) atoms. The highest BCUT2D eigenvalue weighted by molar-refractivity contribution is 14.1. The van der Waals surface area contributed by atoms with Crippen LogP contribution in [0.5, 0.6) is 0 Å². The molecule has 0 aliphatic carbocycles. The number of nitrogens with zero attached hydrogens (tertiary/aromatic N) is 1. The zero-order valence-corrected chi connectivity index (χ0v) is 13.9. The summed E-state index contributed by atoms with van der Waals surface area (Å²) in [5.74, 6) is 0. The molecule has 1 amide bonds. The molecule has 0 radical (unpaired) electrons. The van der Waals surface area contributed by atoms with E-state index in [2.05, 4.69) is 32.9 Å². The molecule has 1 N–H and O–H groups in total. The minimum absolute atomic E-state index is 0.379. The Morgan fingerprint density at radius 1 is 1.39 bits per heavy atom. The van der Waals surface area contributed by atoms with Crippen molar-refractivity contribution < 1.29 is 9.53 Å². The smallest absolute Gasteiger partial charge is 0.412 e. The minimum Gasteiger partial charge on any atom is -0.444 e. The lowest BCUT2D eigenvalue weighted by Crippen LogP contribution is -2.27. The molecule has 1 rings (SSSR count). The van der Waals surface area contributed by atoms with Gasteiger partial charge in [-0.1, -0.05) is 11.6 Å². The summed E-state index contributed by atoms with van der Waals surface area (Å²) in [6.07, 6.45) is -0.495. The standard InChI is InChI=1S/C12H16ClIN2O2/c1-6-7(2)15-10(13)8(14)9(6)16-11(17)18-12(3,4)5/h1-5H3,(H,15,16,17). The number of carbonyl (C=O) groups is 1. The average molecular weight is 383 g/mol. The van der Waals surface area contributed by atoms with Gasteiger partial charge in [0.15, 0.2) is 0 Å². The molecule has 1 aromatic heterocycles. The van der Waals surface area contributed by atoms with Crippen LogP contribution >= 0.6 is 34.2 Å². The van der Waals surface area contributed by atoms with Crippen LogP contribution in [0.2, 0.25) is 5.15 Å². The zero-order valence-electron chi connectivity index (χ0n) is 11.0. The molecular formula is C12H16ClIN2O2. The summed E-state index contributed by atoms with van der Waals surface area (Å²) in [5.41, 5.74) is 1.79. The van der Waals surface area contributed by atoms with Crippen molar-refractivity contribution in [2.45, 2.75) is 40.2 Å². The number of hydrogen-bond acceptors (Lipinski definition) is 3. The van der Waals surface area contributed by atoms with Crippen molar-refractivity contribution in [3.8, 4) is 0 Å². The monoisotopic (exact) mass is 382 g/mol. The fraction of sp³-hybridized carbons (Fsp3) is 0.500. The number of aromatic nitrogens is 1. The van der Waals surface area contributed by atoms with E-state index in [1.165, 1.54) is 0 Å². The van der Waals surface area contributed by atoms with Gasteiger partial charge in [-0.05, 0) is 62.8 Å². The van der Waals surface area contributed by atoms with E-state index in [-0.39, 0.29) is 0 Å². The summed E-state index contributed by atoms with van der Waals surface area (Å²) in [6, 6.07) is 0. The molecular weight excluding hydrogens is 367 g/mol. The van der Waals surface area contributed by atoms with Gasteiger partial charge in [-0.25, -0.2) is 9.78 Å². The number of ether oxygens (including phenoxy) is 1. The van der Waals surface area contributed by atoms with Gasteiger partial charge in [0, 0.05) is 5.69 Å². The maximum absolute atomic E-state index is 11.8. The van der Waals surface area contributed by atoms with Crippen LogP contribution in [0.15, 0.2) is 0 Å². The van der Waals surface area contributed by atoms with E-state index in [0.717, 1.165) is 11.3 Å². The molecule has 0 bridgehead atoms. The maximum atomic E-state index is 11.8. The second-order valence-corrected chi connectivity index (χ2v) is 6.37. The molecule has 0 atom stereocenters. The maximum Gasteiger partial charge on any atom is 0.412 e. The average Bonchev–Trinajstić information content (AvgIpc) is 2.19. The van der Waals surface area contributed by atoms with Crippen molar-refractivity contribution in [2.24, 2.45) is 0 Å². The molecule has 6 heteroatoms. The second kappa shape index (κ2) is 5.61. The van der Waals surface area contributed by atoms with Gasteiger partial charge in [0.1, 0.15) is 10.8 Å². The van der Waals surface area contributed by atoms with Crippen molar-refractivity contribution in [1.82, 2.24) is 4.98 Å². The second-order valence-electron chi connectivity index (χ2n) is 4.93. The molecule has 100 valence electrons. The summed E-state index contributed by atoms with van der Waals surface area (Å²) in [4.78, 5) is 15.9. The first-order valence-corrected chi connectivity index (χ1v) is 6.89. The molecule has 0 aromatic carbocycles. The fourth-order valence-corrected chi connectivity index (χ4v) is 2.16. The highest BCUT2D eigenvalue weighted by atomic mass is 127. The fourth-order valence-electron chi connectivity index (χ4n) is 1.28. The Balaban J connectivity index is 3.01. The van der Waals surface area contributed by atoms with Crippen molar-refractivity contribution in [3.63, 3.8) is 0 Å². The Kier molecular flexibility index (Phi) is 4.83. The predicted molar refractivity (Wildman–Crippen MR) is 81.3 cm³/mol. The van der Waals surface area contributed by atoms with E-state index >= 15 is 0 Å². The molecule has 0 fully saturated rings. The molecule has 1 aromatic rings. The van der Waals surface area contributed by atoms with Crippen LogP contribution < -0.4 is 5.32 Å². The van der Waals surface area contributed by atoms with Gasteiger partial charge in [-0.15, -0.1) is 0 Å². The number of nitrogens with one attached hydrogen (secondary N) is 1. The lowest BCUT2D eigenvalue weighted by Gasteiger charge is -2.21. The molecule has 0 aliphatic rings. The van der Waals surface area contributed by atoms with Crippen LogP contribution in [0.3, 0.4) is 0 Å². The van der Waals surface area contributed by atoms with Crippen LogP contribution in [-0.4, -0.2) is 16.7 Å². The highest BCUT2D eigenvalue weighted by Crippen LogP contribution is 2.30. The van der Waals surface area contributed by atoms with E-state index in [4.69, 9.17) is 16.3 Å². The van der Waals surface area contributed by atoms with Gasteiger partial charge in [-0.3, -0.25) is 5.32 Å². The first kappa shape index (κ1) is 15.5. The molecule has 0 saturated carbocycles. The summed E-state index contributed by atoms with van der Waals surface area (Å²) in [5, 5.41) is 3.10. The van der Waals surface area contributed by atoms with Gasteiger partial charge in [0.25, 0.3) is 0 Å². The summed E-state index contributed by atoms with van der Waals surface area (Å²) in [7, 11) is 0. The molecule has 0 unspecified atom stereocenters. The van der Waals surface area contributed by atoms with E-state index < -0.39 is 11.7 Å². The third kappa shape index (κ3) is 3.98. The van der Waals surface area contributed by atoms with Crippen molar-refractivity contribution >= 4 is 46.0 Å². The lowest BCUT2D eigenvalue weighted by atomic mass is 10.2. The number of pyridine rings is 1. The highest BCUT2D eigenvalue weighted by Gasteiger charge is 2.19. The lowest BCUT2D eigenvalue weighted by molar-refractivity contribution is 0.0635. The zero-order chi connectivity index (χ0) is 14.1. The van der Waals surface area contributed by atoms with E-state index in [1.54, 1.807) is 0 Å². The number of rotatable bonds is 1. The Morgan fingerprint density at radius 3 is 2.44 bits per heavy atom.